The Morgan fingerprint density at radius 3 is 3.12 bits per heavy atom. The zero-order valence-corrected chi connectivity index (χ0v) is 9.48. The third kappa shape index (κ3) is 2.14. The standard InChI is InChI=1S/C10H11ClN4O/c1-7(11)10(16)12-6-9-14-13-8-4-2-3-5-15(8)9/h2-5,7H,6H2,1H3,(H,12,16). The maximum atomic E-state index is 11.3. The van der Waals surface area contributed by atoms with Gasteiger partial charge in [0.15, 0.2) is 11.5 Å². The number of hydrogen-bond acceptors (Lipinski definition) is 3. The maximum absolute atomic E-state index is 11.3. The number of alkyl halides is 1. The van der Waals surface area contributed by atoms with Gasteiger partial charge >= 0.3 is 0 Å². The molecule has 0 spiro atoms. The fourth-order valence-corrected chi connectivity index (χ4v) is 1.40. The second kappa shape index (κ2) is 4.49. The largest absolute Gasteiger partial charge is 0.348 e. The molecule has 5 nitrogen and oxygen atoms in total. The Morgan fingerprint density at radius 2 is 2.38 bits per heavy atom. The highest BCUT2D eigenvalue weighted by Gasteiger charge is 2.10. The summed E-state index contributed by atoms with van der Waals surface area (Å²) in [6.07, 6.45) is 1.85. The van der Waals surface area contributed by atoms with E-state index in [4.69, 9.17) is 11.6 Å². The van der Waals surface area contributed by atoms with Crippen LogP contribution in [0.4, 0.5) is 0 Å². The third-order valence-electron chi connectivity index (χ3n) is 2.17. The van der Waals surface area contributed by atoms with Crippen molar-refractivity contribution < 1.29 is 4.79 Å². The number of nitrogens with one attached hydrogen (secondary N) is 1. The van der Waals surface area contributed by atoms with Gasteiger partial charge in [-0.2, -0.15) is 0 Å². The number of carbonyl (C=O) groups excluding carboxylic acids is 1. The van der Waals surface area contributed by atoms with E-state index >= 15 is 0 Å². The Hall–Kier alpha value is -1.62. The Balaban J connectivity index is 2.13. The van der Waals surface area contributed by atoms with E-state index in [0.717, 1.165) is 5.65 Å². The monoisotopic (exact) mass is 238 g/mol. The Kier molecular flexibility index (Phi) is 3.05. The van der Waals surface area contributed by atoms with Crippen LogP contribution in [-0.4, -0.2) is 25.9 Å². The molecule has 1 atom stereocenters. The number of amides is 1. The summed E-state index contributed by atoms with van der Waals surface area (Å²) < 4.78 is 1.82. The van der Waals surface area contributed by atoms with E-state index in [2.05, 4.69) is 15.5 Å². The lowest BCUT2D eigenvalue weighted by molar-refractivity contribution is -0.120. The minimum atomic E-state index is -0.542. The van der Waals surface area contributed by atoms with Gasteiger partial charge in [-0.05, 0) is 19.1 Å². The summed E-state index contributed by atoms with van der Waals surface area (Å²) in [5.41, 5.74) is 0.755. The van der Waals surface area contributed by atoms with E-state index in [1.807, 2.05) is 28.8 Å². The predicted molar refractivity (Wildman–Crippen MR) is 60.1 cm³/mol. The number of hydrogen-bond donors (Lipinski definition) is 1. The van der Waals surface area contributed by atoms with Crippen LogP contribution in [0, 0.1) is 0 Å². The first-order chi connectivity index (χ1) is 7.68. The third-order valence-corrected chi connectivity index (χ3v) is 2.36. The maximum Gasteiger partial charge on any atom is 0.238 e. The minimum absolute atomic E-state index is 0.214. The van der Waals surface area contributed by atoms with Crippen molar-refractivity contribution in [3.8, 4) is 0 Å². The Labute approximate surface area is 97.4 Å². The highest BCUT2D eigenvalue weighted by Crippen LogP contribution is 2.02. The molecular weight excluding hydrogens is 228 g/mol. The van der Waals surface area contributed by atoms with Crippen molar-refractivity contribution in [3.63, 3.8) is 0 Å². The smallest absolute Gasteiger partial charge is 0.238 e. The summed E-state index contributed by atoms with van der Waals surface area (Å²) in [5.74, 6) is 0.468. The van der Waals surface area contributed by atoms with E-state index in [-0.39, 0.29) is 5.91 Å². The molecule has 1 N–H and O–H groups in total. The molecular formula is C10H11ClN4O. The van der Waals surface area contributed by atoms with Gasteiger partial charge < -0.3 is 5.32 Å². The summed E-state index contributed by atoms with van der Waals surface area (Å²) in [6, 6.07) is 5.61. The van der Waals surface area contributed by atoms with E-state index in [1.165, 1.54) is 0 Å². The van der Waals surface area contributed by atoms with Gasteiger partial charge in [0.2, 0.25) is 5.91 Å². The number of nitrogens with zero attached hydrogens (tertiary/aromatic N) is 3. The van der Waals surface area contributed by atoms with Crippen LogP contribution in [0.5, 0.6) is 0 Å². The molecule has 0 fully saturated rings. The van der Waals surface area contributed by atoms with Crippen molar-refractivity contribution in [2.45, 2.75) is 18.8 Å². The molecule has 0 bridgehead atoms. The van der Waals surface area contributed by atoms with Crippen molar-refractivity contribution in [1.82, 2.24) is 19.9 Å². The van der Waals surface area contributed by atoms with E-state index in [0.29, 0.717) is 12.4 Å². The fraction of sp³-hybridized carbons (Fsp3) is 0.300. The van der Waals surface area contributed by atoms with Gasteiger partial charge in [0, 0.05) is 6.20 Å². The zero-order chi connectivity index (χ0) is 11.5. The number of halogens is 1. The van der Waals surface area contributed by atoms with E-state index in [9.17, 15) is 4.79 Å². The summed E-state index contributed by atoms with van der Waals surface area (Å²) in [4.78, 5) is 11.3. The molecule has 2 heterocycles. The average molecular weight is 239 g/mol. The molecule has 0 saturated heterocycles. The van der Waals surface area contributed by atoms with Gasteiger partial charge in [0.25, 0.3) is 0 Å². The lowest BCUT2D eigenvalue weighted by atomic mass is 10.4. The molecule has 2 aromatic rings. The van der Waals surface area contributed by atoms with Gasteiger partial charge in [-0.25, -0.2) is 0 Å². The molecule has 2 aromatic heterocycles. The zero-order valence-electron chi connectivity index (χ0n) is 8.72. The molecule has 0 aliphatic heterocycles. The second-order valence-electron chi connectivity index (χ2n) is 3.38. The van der Waals surface area contributed by atoms with Crippen LogP contribution in [-0.2, 0) is 11.3 Å². The lowest BCUT2D eigenvalue weighted by Crippen LogP contribution is -2.29. The van der Waals surface area contributed by atoms with Gasteiger partial charge in [-0.3, -0.25) is 9.20 Å². The number of pyridine rings is 1. The summed E-state index contributed by atoms with van der Waals surface area (Å²) >= 11 is 5.63. The first kappa shape index (κ1) is 10.9. The number of rotatable bonds is 3. The normalized spacial score (nSPS) is 12.6. The first-order valence-corrected chi connectivity index (χ1v) is 5.32. The van der Waals surface area contributed by atoms with Crippen LogP contribution in [0.1, 0.15) is 12.7 Å². The highest BCUT2D eigenvalue weighted by molar-refractivity contribution is 6.30. The number of aromatic nitrogens is 3. The second-order valence-corrected chi connectivity index (χ2v) is 4.03. The molecule has 0 aliphatic carbocycles. The van der Waals surface area contributed by atoms with Crippen LogP contribution in [0.2, 0.25) is 0 Å². The Morgan fingerprint density at radius 1 is 1.56 bits per heavy atom. The fourth-order valence-electron chi connectivity index (χ4n) is 1.32. The molecule has 1 amide bonds. The summed E-state index contributed by atoms with van der Waals surface area (Å²) in [5, 5.41) is 10.1. The van der Waals surface area contributed by atoms with Crippen LogP contribution in [0.25, 0.3) is 5.65 Å². The topological polar surface area (TPSA) is 59.3 Å². The predicted octanol–water partition coefficient (Wildman–Crippen LogP) is 0.973. The SMILES string of the molecule is CC(Cl)C(=O)NCc1nnc2ccccn12. The van der Waals surface area contributed by atoms with Crippen LogP contribution < -0.4 is 5.32 Å². The quantitative estimate of drug-likeness (QED) is 0.811. The Bertz CT molecular complexity index is 508. The van der Waals surface area contributed by atoms with Gasteiger partial charge in [-0.1, -0.05) is 6.07 Å². The molecule has 2 rings (SSSR count). The number of carbonyl (C=O) groups is 1. The molecule has 0 aromatic carbocycles. The van der Waals surface area contributed by atoms with Gasteiger partial charge in [0.1, 0.15) is 5.38 Å². The van der Waals surface area contributed by atoms with Crippen molar-refractivity contribution >= 4 is 23.2 Å². The molecule has 6 heteroatoms. The van der Waals surface area contributed by atoms with Crippen molar-refractivity contribution in [1.29, 1.82) is 0 Å². The number of fused-ring (bicyclic) bond motifs is 1. The van der Waals surface area contributed by atoms with Crippen LogP contribution >= 0.6 is 11.6 Å². The van der Waals surface area contributed by atoms with Gasteiger partial charge in [-0.15, -0.1) is 21.8 Å². The molecule has 84 valence electrons. The van der Waals surface area contributed by atoms with Crippen molar-refractivity contribution in [2.75, 3.05) is 0 Å². The molecule has 0 radical (unpaired) electrons. The van der Waals surface area contributed by atoms with Crippen molar-refractivity contribution in [3.05, 3.63) is 30.2 Å². The average Bonchev–Trinajstić information content (AvgIpc) is 2.69. The van der Waals surface area contributed by atoms with E-state index < -0.39 is 5.38 Å². The van der Waals surface area contributed by atoms with Crippen LogP contribution in [0.15, 0.2) is 24.4 Å². The van der Waals surface area contributed by atoms with Crippen molar-refractivity contribution in [2.24, 2.45) is 0 Å². The lowest BCUT2D eigenvalue weighted by Gasteiger charge is -2.04. The minimum Gasteiger partial charge on any atom is -0.348 e. The van der Waals surface area contributed by atoms with Gasteiger partial charge in [0.05, 0.1) is 6.54 Å². The molecule has 0 aliphatic rings. The summed E-state index contributed by atoms with van der Waals surface area (Å²) in [7, 11) is 0. The highest BCUT2D eigenvalue weighted by atomic mass is 35.5. The first-order valence-electron chi connectivity index (χ1n) is 4.89. The van der Waals surface area contributed by atoms with Crippen LogP contribution in [0.3, 0.4) is 0 Å². The molecule has 0 saturated carbocycles. The van der Waals surface area contributed by atoms with E-state index in [1.54, 1.807) is 6.92 Å². The molecule has 1 unspecified atom stereocenters. The molecule has 16 heavy (non-hydrogen) atoms. The summed E-state index contributed by atoms with van der Waals surface area (Å²) in [6.45, 7) is 1.94.